The van der Waals surface area contributed by atoms with E-state index in [4.69, 9.17) is 18.9 Å². The van der Waals surface area contributed by atoms with Crippen LogP contribution in [0.1, 0.15) is 35.8 Å². The first-order chi connectivity index (χ1) is 14.1. The summed E-state index contributed by atoms with van der Waals surface area (Å²) >= 11 is 0. The second-order valence-corrected chi connectivity index (χ2v) is 7.85. The molecule has 0 unspecified atom stereocenters. The lowest BCUT2D eigenvalue weighted by Crippen LogP contribution is -2.13. The normalized spacial score (nSPS) is 27.2. The molecule has 2 aromatic rings. The van der Waals surface area contributed by atoms with E-state index in [2.05, 4.69) is 0 Å². The van der Waals surface area contributed by atoms with E-state index in [1.807, 2.05) is 36.4 Å². The molecular weight excluding hydrogens is 372 g/mol. The number of ether oxygens (including phenoxy) is 4. The van der Waals surface area contributed by atoms with E-state index < -0.39 is 0 Å². The largest absolute Gasteiger partial charge is 0.493 e. The van der Waals surface area contributed by atoms with Crippen LogP contribution in [0.3, 0.4) is 0 Å². The molecule has 0 spiro atoms. The van der Waals surface area contributed by atoms with Crippen molar-refractivity contribution in [2.45, 2.75) is 24.7 Å². The third kappa shape index (κ3) is 2.77. The van der Waals surface area contributed by atoms with Gasteiger partial charge in [-0.05, 0) is 47.2 Å². The number of methoxy groups -OCH3 is 2. The van der Waals surface area contributed by atoms with Crippen molar-refractivity contribution < 1.29 is 28.5 Å². The van der Waals surface area contributed by atoms with Crippen molar-refractivity contribution >= 4 is 11.6 Å². The van der Waals surface area contributed by atoms with Crippen LogP contribution in [0.25, 0.3) is 0 Å². The van der Waals surface area contributed by atoms with Gasteiger partial charge in [-0.2, -0.15) is 0 Å². The third-order valence-corrected chi connectivity index (χ3v) is 6.50. The summed E-state index contributed by atoms with van der Waals surface area (Å²) in [6, 6.07) is 11.3. The Bertz CT molecular complexity index is 997. The van der Waals surface area contributed by atoms with Crippen LogP contribution < -0.4 is 18.9 Å². The maximum Gasteiger partial charge on any atom is 0.231 e. The SMILES string of the molecule is COc1ccc([C@@H]2C(=O)C[C@@H]3[C@H]2CC(=O)[C@H]3c2ccc3c(c2)OCO3)cc1OC. The molecule has 6 heteroatoms. The fourth-order valence-corrected chi connectivity index (χ4v) is 5.25. The molecule has 1 aliphatic heterocycles. The Morgan fingerprint density at radius 1 is 0.759 bits per heavy atom. The molecule has 2 aliphatic carbocycles. The van der Waals surface area contributed by atoms with Crippen molar-refractivity contribution in [3.8, 4) is 23.0 Å². The number of ketones is 2. The number of fused-ring (bicyclic) bond motifs is 2. The van der Waals surface area contributed by atoms with Crippen molar-refractivity contribution in [3.63, 3.8) is 0 Å². The van der Waals surface area contributed by atoms with E-state index in [0.29, 0.717) is 35.8 Å². The minimum atomic E-state index is -0.289. The maximum atomic E-state index is 13.0. The Kier molecular flexibility index (Phi) is 4.23. The van der Waals surface area contributed by atoms with Gasteiger partial charge in [0.25, 0.3) is 0 Å². The first kappa shape index (κ1) is 18.0. The van der Waals surface area contributed by atoms with Gasteiger partial charge in [-0.1, -0.05) is 12.1 Å². The molecular formula is C23H22O6. The fourth-order valence-electron chi connectivity index (χ4n) is 5.25. The number of Topliss-reactive ketones (excluding diaryl/α,β-unsaturated/α-hetero) is 2. The van der Waals surface area contributed by atoms with Gasteiger partial charge in [-0.3, -0.25) is 9.59 Å². The van der Waals surface area contributed by atoms with Crippen LogP contribution in [0.4, 0.5) is 0 Å². The predicted octanol–water partition coefficient (Wildman–Crippen LogP) is 3.48. The second kappa shape index (κ2) is 6.79. The van der Waals surface area contributed by atoms with Crippen LogP contribution in [0.15, 0.2) is 36.4 Å². The highest BCUT2D eigenvalue weighted by atomic mass is 16.7. The van der Waals surface area contributed by atoms with Crippen LogP contribution in [0.2, 0.25) is 0 Å². The third-order valence-electron chi connectivity index (χ3n) is 6.50. The second-order valence-electron chi connectivity index (χ2n) is 7.85. The molecule has 29 heavy (non-hydrogen) atoms. The smallest absolute Gasteiger partial charge is 0.231 e. The summed E-state index contributed by atoms with van der Waals surface area (Å²) in [5.74, 6) is 2.41. The molecule has 4 atom stereocenters. The van der Waals surface area contributed by atoms with Crippen molar-refractivity contribution in [1.82, 2.24) is 0 Å². The summed E-state index contributed by atoms with van der Waals surface area (Å²) in [5, 5.41) is 0. The average Bonchev–Trinajstić information content (AvgIpc) is 3.39. The molecule has 0 bridgehead atoms. The number of benzene rings is 2. The van der Waals surface area contributed by atoms with Crippen molar-refractivity contribution in [3.05, 3.63) is 47.5 Å². The van der Waals surface area contributed by atoms with Gasteiger partial charge < -0.3 is 18.9 Å². The van der Waals surface area contributed by atoms with E-state index in [1.165, 1.54) is 0 Å². The van der Waals surface area contributed by atoms with E-state index in [0.717, 1.165) is 11.1 Å². The first-order valence-corrected chi connectivity index (χ1v) is 9.77. The molecule has 6 nitrogen and oxygen atoms in total. The van der Waals surface area contributed by atoms with Crippen LogP contribution in [0.5, 0.6) is 23.0 Å². The van der Waals surface area contributed by atoms with Gasteiger partial charge in [0.2, 0.25) is 6.79 Å². The summed E-state index contributed by atoms with van der Waals surface area (Å²) in [6.07, 6.45) is 0.822. The lowest BCUT2D eigenvalue weighted by atomic mass is 9.83. The molecule has 0 amide bonds. The Balaban J connectivity index is 1.48. The summed E-state index contributed by atoms with van der Waals surface area (Å²) in [4.78, 5) is 26.0. The van der Waals surface area contributed by atoms with Crippen molar-refractivity contribution in [2.24, 2.45) is 11.8 Å². The van der Waals surface area contributed by atoms with E-state index in [-0.39, 0.29) is 42.0 Å². The van der Waals surface area contributed by atoms with Gasteiger partial charge in [0.05, 0.1) is 14.2 Å². The molecule has 0 saturated heterocycles. The van der Waals surface area contributed by atoms with Crippen molar-refractivity contribution in [2.75, 3.05) is 21.0 Å². The molecule has 150 valence electrons. The number of carbonyl (C=O) groups is 2. The summed E-state index contributed by atoms with van der Waals surface area (Å²) in [5.41, 5.74) is 1.80. The zero-order valence-electron chi connectivity index (χ0n) is 16.3. The number of rotatable bonds is 4. The summed E-state index contributed by atoms with van der Waals surface area (Å²) in [6.45, 7) is 0.198. The molecule has 0 N–H and O–H groups in total. The molecule has 2 saturated carbocycles. The van der Waals surface area contributed by atoms with Crippen LogP contribution >= 0.6 is 0 Å². The minimum Gasteiger partial charge on any atom is -0.493 e. The van der Waals surface area contributed by atoms with Gasteiger partial charge in [0, 0.05) is 24.7 Å². The molecule has 0 aromatic heterocycles. The van der Waals surface area contributed by atoms with E-state index in [1.54, 1.807) is 14.2 Å². The number of hydrogen-bond donors (Lipinski definition) is 0. The first-order valence-electron chi connectivity index (χ1n) is 9.77. The minimum absolute atomic E-state index is 0.00326. The predicted molar refractivity (Wildman–Crippen MR) is 104 cm³/mol. The lowest BCUT2D eigenvalue weighted by Gasteiger charge is -2.20. The molecule has 5 rings (SSSR count). The molecule has 3 aliphatic rings. The molecule has 2 fully saturated rings. The topological polar surface area (TPSA) is 71.1 Å². The van der Waals surface area contributed by atoms with Crippen LogP contribution in [-0.2, 0) is 9.59 Å². The lowest BCUT2D eigenvalue weighted by molar-refractivity contribution is -0.121. The molecule has 2 aromatic carbocycles. The molecule has 0 radical (unpaired) electrons. The van der Waals surface area contributed by atoms with Crippen LogP contribution in [0, 0.1) is 11.8 Å². The van der Waals surface area contributed by atoms with E-state index >= 15 is 0 Å². The zero-order chi connectivity index (χ0) is 20.1. The maximum absolute atomic E-state index is 13.0. The Morgan fingerprint density at radius 3 is 2.00 bits per heavy atom. The fraction of sp³-hybridized carbons (Fsp3) is 0.391. The van der Waals surface area contributed by atoms with Gasteiger partial charge in [-0.25, -0.2) is 0 Å². The highest BCUT2D eigenvalue weighted by molar-refractivity contribution is 5.96. The monoisotopic (exact) mass is 394 g/mol. The highest BCUT2D eigenvalue weighted by Gasteiger charge is 2.54. The van der Waals surface area contributed by atoms with Crippen LogP contribution in [-0.4, -0.2) is 32.6 Å². The zero-order valence-corrected chi connectivity index (χ0v) is 16.3. The molecule has 1 heterocycles. The standard InChI is InChI=1S/C23H22O6/c1-26-18-5-3-12(7-20(18)27-2)22-14-9-17(25)23(15(14)10-16(22)24)13-4-6-19-21(8-13)29-11-28-19/h3-8,14-15,22-23H,9-11H2,1-2H3/t14-,15-,22+,23+/m1/s1. The van der Waals surface area contributed by atoms with E-state index in [9.17, 15) is 9.59 Å². The number of carbonyl (C=O) groups excluding carboxylic acids is 2. The number of hydrogen-bond acceptors (Lipinski definition) is 6. The highest BCUT2D eigenvalue weighted by Crippen LogP contribution is 2.55. The van der Waals surface area contributed by atoms with Gasteiger partial charge in [0.1, 0.15) is 11.6 Å². The summed E-state index contributed by atoms with van der Waals surface area (Å²) in [7, 11) is 3.16. The Labute approximate surface area is 168 Å². The quantitative estimate of drug-likeness (QED) is 0.791. The van der Waals surface area contributed by atoms with Crippen molar-refractivity contribution in [1.29, 1.82) is 0 Å². The average molecular weight is 394 g/mol. The van der Waals surface area contributed by atoms with Gasteiger partial charge >= 0.3 is 0 Å². The Morgan fingerprint density at radius 2 is 1.34 bits per heavy atom. The van der Waals surface area contributed by atoms with Gasteiger partial charge in [0.15, 0.2) is 23.0 Å². The Hall–Kier alpha value is -3.02. The summed E-state index contributed by atoms with van der Waals surface area (Å²) < 4.78 is 21.6. The van der Waals surface area contributed by atoms with Gasteiger partial charge in [-0.15, -0.1) is 0 Å².